The molecule has 0 amide bonds. The summed E-state index contributed by atoms with van der Waals surface area (Å²) in [7, 11) is 0. The summed E-state index contributed by atoms with van der Waals surface area (Å²) in [5.41, 5.74) is 2.21. The van der Waals surface area contributed by atoms with E-state index in [1.54, 1.807) is 6.07 Å². The highest BCUT2D eigenvalue weighted by atomic mass is 19.1. The first-order chi connectivity index (χ1) is 9.76. The standard InChI is InChI=1S/C16H13FN2O/c17-13-6-11(8-18)5-12(7-13)9-19-15-10-20-16-4-2-1-3-14(15)16/h1-7,15,19H,9-10H2. The van der Waals surface area contributed by atoms with Gasteiger partial charge in [-0.1, -0.05) is 18.2 Å². The van der Waals surface area contributed by atoms with Crippen LogP contribution in [0, 0.1) is 17.1 Å². The summed E-state index contributed by atoms with van der Waals surface area (Å²) in [5.74, 6) is 0.505. The van der Waals surface area contributed by atoms with Gasteiger partial charge in [-0.05, 0) is 29.8 Å². The molecule has 3 rings (SSSR count). The molecule has 1 atom stereocenters. The van der Waals surface area contributed by atoms with Crippen molar-refractivity contribution in [2.24, 2.45) is 0 Å². The maximum Gasteiger partial charge on any atom is 0.124 e. The SMILES string of the molecule is N#Cc1cc(F)cc(CNC2COc3ccccc32)c1. The van der Waals surface area contributed by atoms with Gasteiger partial charge in [0, 0.05) is 12.1 Å². The Morgan fingerprint density at radius 3 is 3.00 bits per heavy atom. The summed E-state index contributed by atoms with van der Waals surface area (Å²) in [5, 5.41) is 12.2. The minimum Gasteiger partial charge on any atom is -0.491 e. The number of hydrogen-bond donors (Lipinski definition) is 1. The van der Waals surface area contributed by atoms with Crippen LogP contribution in [0.25, 0.3) is 0 Å². The first-order valence-electron chi connectivity index (χ1n) is 6.41. The van der Waals surface area contributed by atoms with Crippen molar-refractivity contribution < 1.29 is 9.13 Å². The predicted octanol–water partition coefficient (Wildman–Crippen LogP) is 2.92. The van der Waals surface area contributed by atoms with Crippen molar-refractivity contribution >= 4 is 0 Å². The summed E-state index contributed by atoms with van der Waals surface area (Å²) in [6.45, 7) is 1.06. The van der Waals surface area contributed by atoms with E-state index in [0.29, 0.717) is 18.7 Å². The number of ether oxygens (including phenoxy) is 1. The largest absolute Gasteiger partial charge is 0.491 e. The van der Waals surface area contributed by atoms with Gasteiger partial charge in [0.25, 0.3) is 0 Å². The van der Waals surface area contributed by atoms with E-state index >= 15 is 0 Å². The van der Waals surface area contributed by atoms with Crippen LogP contribution in [0.1, 0.15) is 22.7 Å². The van der Waals surface area contributed by atoms with Gasteiger partial charge in [-0.3, -0.25) is 0 Å². The van der Waals surface area contributed by atoms with E-state index in [1.807, 2.05) is 30.3 Å². The van der Waals surface area contributed by atoms with Crippen LogP contribution >= 0.6 is 0 Å². The highest BCUT2D eigenvalue weighted by Gasteiger charge is 2.22. The molecule has 3 nitrogen and oxygen atoms in total. The number of nitriles is 1. The van der Waals surface area contributed by atoms with Crippen LogP contribution < -0.4 is 10.1 Å². The molecule has 0 radical (unpaired) electrons. The lowest BCUT2D eigenvalue weighted by atomic mass is 10.1. The van der Waals surface area contributed by atoms with Crippen LogP contribution in [0.2, 0.25) is 0 Å². The predicted molar refractivity (Wildman–Crippen MR) is 72.6 cm³/mol. The molecule has 0 saturated carbocycles. The minimum atomic E-state index is -0.385. The Bertz CT molecular complexity index is 678. The summed E-state index contributed by atoms with van der Waals surface area (Å²) in [4.78, 5) is 0. The molecule has 1 heterocycles. The van der Waals surface area contributed by atoms with Crippen LogP contribution in [0.3, 0.4) is 0 Å². The molecule has 2 aromatic rings. The van der Waals surface area contributed by atoms with E-state index in [2.05, 4.69) is 5.32 Å². The maximum atomic E-state index is 13.4. The molecule has 1 aliphatic heterocycles. The van der Waals surface area contributed by atoms with Gasteiger partial charge < -0.3 is 10.1 Å². The third-order valence-electron chi connectivity index (χ3n) is 3.34. The Hall–Kier alpha value is -2.38. The quantitative estimate of drug-likeness (QED) is 0.931. The van der Waals surface area contributed by atoms with Crippen molar-refractivity contribution in [2.45, 2.75) is 12.6 Å². The van der Waals surface area contributed by atoms with Crippen molar-refractivity contribution in [3.8, 4) is 11.8 Å². The van der Waals surface area contributed by atoms with Gasteiger partial charge in [-0.25, -0.2) is 4.39 Å². The minimum absolute atomic E-state index is 0.0972. The van der Waals surface area contributed by atoms with E-state index in [-0.39, 0.29) is 11.9 Å². The molecule has 100 valence electrons. The number of nitrogens with one attached hydrogen (secondary N) is 1. The number of nitrogens with zero attached hydrogens (tertiary/aromatic N) is 1. The Balaban J connectivity index is 1.72. The smallest absolute Gasteiger partial charge is 0.124 e. The van der Waals surface area contributed by atoms with Crippen molar-refractivity contribution in [3.63, 3.8) is 0 Å². The van der Waals surface area contributed by atoms with E-state index in [9.17, 15) is 4.39 Å². The molecule has 0 bridgehead atoms. The third kappa shape index (κ3) is 2.49. The van der Waals surface area contributed by atoms with Crippen LogP contribution in [0.4, 0.5) is 4.39 Å². The Morgan fingerprint density at radius 2 is 2.15 bits per heavy atom. The Labute approximate surface area is 116 Å². The van der Waals surface area contributed by atoms with Crippen molar-refractivity contribution in [1.82, 2.24) is 5.32 Å². The zero-order valence-corrected chi connectivity index (χ0v) is 10.8. The van der Waals surface area contributed by atoms with Crippen molar-refractivity contribution in [3.05, 3.63) is 65.0 Å². The first kappa shape index (κ1) is 12.6. The van der Waals surface area contributed by atoms with E-state index in [1.165, 1.54) is 12.1 Å². The lowest BCUT2D eigenvalue weighted by Gasteiger charge is -2.11. The van der Waals surface area contributed by atoms with Crippen LogP contribution in [-0.4, -0.2) is 6.61 Å². The molecular weight excluding hydrogens is 255 g/mol. The normalized spacial score (nSPS) is 16.3. The highest BCUT2D eigenvalue weighted by Crippen LogP contribution is 2.31. The topological polar surface area (TPSA) is 45.0 Å². The number of fused-ring (bicyclic) bond motifs is 1. The van der Waals surface area contributed by atoms with Gasteiger partial charge >= 0.3 is 0 Å². The molecule has 20 heavy (non-hydrogen) atoms. The molecule has 2 aromatic carbocycles. The number of benzene rings is 2. The molecule has 1 N–H and O–H groups in total. The number of para-hydroxylation sites is 1. The molecule has 4 heteroatoms. The lowest BCUT2D eigenvalue weighted by Crippen LogP contribution is -2.22. The molecule has 0 aromatic heterocycles. The second-order valence-corrected chi connectivity index (χ2v) is 4.74. The number of hydrogen-bond acceptors (Lipinski definition) is 3. The molecule has 0 aliphatic carbocycles. The van der Waals surface area contributed by atoms with Gasteiger partial charge in [0.05, 0.1) is 17.7 Å². The van der Waals surface area contributed by atoms with Gasteiger partial charge in [-0.15, -0.1) is 0 Å². The molecular formula is C16H13FN2O. The Kier molecular flexibility index (Phi) is 3.36. The fourth-order valence-electron chi connectivity index (χ4n) is 2.39. The molecule has 0 saturated heterocycles. The van der Waals surface area contributed by atoms with Crippen molar-refractivity contribution in [2.75, 3.05) is 6.61 Å². The van der Waals surface area contributed by atoms with Gasteiger partial charge in [0.1, 0.15) is 18.2 Å². The summed E-state index contributed by atoms with van der Waals surface area (Å²) in [6.07, 6.45) is 0. The average Bonchev–Trinajstić information content (AvgIpc) is 2.88. The summed E-state index contributed by atoms with van der Waals surface area (Å²) in [6, 6.07) is 14.3. The van der Waals surface area contributed by atoms with Crippen molar-refractivity contribution in [1.29, 1.82) is 5.26 Å². The number of halogens is 1. The van der Waals surface area contributed by atoms with Crippen LogP contribution in [-0.2, 0) is 6.54 Å². The maximum absolute atomic E-state index is 13.4. The molecule has 0 spiro atoms. The average molecular weight is 268 g/mol. The fourth-order valence-corrected chi connectivity index (χ4v) is 2.39. The van der Waals surface area contributed by atoms with E-state index < -0.39 is 0 Å². The van der Waals surface area contributed by atoms with Gasteiger partial charge in [-0.2, -0.15) is 5.26 Å². The third-order valence-corrected chi connectivity index (χ3v) is 3.34. The molecule has 1 aliphatic rings. The monoisotopic (exact) mass is 268 g/mol. The zero-order valence-electron chi connectivity index (χ0n) is 10.8. The molecule has 0 fully saturated rings. The lowest BCUT2D eigenvalue weighted by molar-refractivity contribution is 0.310. The fraction of sp³-hybridized carbons (Fsp3) is 0.188. The second-order valence-electron chi connectivity index (χ2n) is 4.74. The number of rotatable bonds is 3. The van der Waals surface area contributed by atoms with Crippen LogP contribution in [0.5, 0.6) is 5.75 Å². The van der Waals surface area contributed by atoms with Crippen LogP contribution in [0.15, 0.2) is 42.5 Å². The summed E-state index contributed by atoms with van der Waals surface area (Å²) >= 11 is 0. The van der Waals surface area contributed by atoms with E-state index in [0.717, 1.165) is 16.9 Å². The van der Waals surface area contributed by atoms with E-state index in [4.69, 9.17) is 10.00 Å². The highest BCUT2D eigenvalue weighted by molar-refractivity contribution is 5.39. The van der Waals surface area contributed by atoms with Gasteiger partial charge in [0.2, 0.25) is 0 Å². The second kappa shape index (κ2) is 5.32. The molecule has 1 unspecified atom stereocenters. The summed E-state index contributed by atoms with van der Waals surface area (Å²) < 4.78 is 18.9. The van der Waals surface area contributed by atoms with Gasteiger partial charge in [0.15, 0.2) is 0 Å². The zero-order chi connectivity index (χ0) is 13.9. The first-order valence-corrected chi connectivity index (χ1v) is 6.41. The Morgan fingerprint density at radius 1 is 1.30 bits per heavy atom.